The molecular weight excluding hydrogens is 278 g/mol. The van der Waals surface area contributed by atoms with E-state index in [2.05, 4.69) is 34.1 Å². The summed E-state index contributed by atoms with van der Waals surface area (Å²) in [6.07, 6.45) is 8.44. The monoisotopic (exact) mass is 299 g/mol. The van der Waals surface area contributed by atoms with Crippen LogP contribution in [0.5, 0.6) is 0 Å². The molecule has 2 aromatic rings. The van der Waals surface area contributed by atoms with E-state index in [1.54, 1.807) is 22.5 Å². The van der Waals surface area contributed by atoms with Gasteiger partial charge in [0.15, 0.2) is 5.13 Å². The van der Waals surface area contributed by atoms with Gasteiger partial charge in [0.25, 0.3) is 0 Å². The van der Waals surface area contributed by atoms with Crippen molar-refractivity contribution in [3.05, 3.63) is 46.5 Å². The van der Waals surface area contributed by atoms with Gasteiger partial charge in [0.05, 0.1) is 0 Å². The molecule has 1 aromatic heterocycles. The number of aryl methyl sites for hydroxylation is 1. The molecule has 0 saturated heterocycles. The van der Waals surface area contributed by atoms with E-state index in [-0.39, 0.29) is 0 Å². The Hall–Kier alpha value is -1.39. The fourth-order valence-electron chi connectivity index (χ4n) is 3.55. The number of nitrogen functional groups attached to an aromatic ring is 1. The van der Waals surface area contributed by atoms with Gasteiger partial charge in [0, 0.05) is 29.7 Å². The van der Waals surface area contributed by atoms with E-state index >= 15 is 0 Å². The third-order valence-corrected chi connectivity index (χ3v) is 5.48. The van der Waals surface area contributed by atoms with Crippen molar-refractivity contribution in [1.82, 2.24) is 9.88 Å². The van der Waals surface area contributed by atoms with Crippen LogP contribution in [0.4, 0.5) is 5.13 Å². The number of hydrogen-bond donors (Lipinski definition) is 1. The Labute approximate surface area is 129 Å². The summed E-state index contributed by atoms with van der Waals surface area (Å²) in [6, 6.07) is 10.3. The Morgan fingerprint density at radius 2 is 2.10 bits per heavy atom. The van der Waals surface area contributed by atoms with Gasteiger partial charge in [-0.3, -0.25) is 4.90 Å². The van der Waals surface area contributed by atoms with Gasteiger partial charge in [0.1, 0.15) is 0 Å². The maximum absolute atomic E-state index is 5.79. The summed E-state index contributed by atoms with van der Waals surface area (Å²) in [7, 11) is 0. The summed E-state index contributed by atoms with van der Waals surface area (Å²) in [6.45, 7) is 0.999. The number of nitrogens with two attached hydrogens (primary N) is 1. The Balaban J connectivity index is 1.63. The third-order valence-electron chi connectivity index (χ3n) is 4.66. The Kier molecular flexibility index (Phi) is 3.43. The van der Waals surface area contributed by atoms with Crippen molar-refractivity contribution in [3.8, 4) is 0 Å². The second kappa shape index (κ2) is 5.43. The molecule has 110 valence electrons. The van der Waals surface area contributed by atoms with Crippen LogP contribution in [0.1, 0.15) is 47.7 Å². The molecule has 0 aliphatic heterocycles. The number of hydrogen-bond acceptors (Lipinski definition) is 4. The topological polar surface area (TPSA) is 42.1 Å². The Bertz CT molecular complexity index is 632. The van der Waals surface area contributed by atoms with Gasteiger partial charge >= 0.3 is 0 Å². The van der Waals surface area contributed by atoms with Gasteiger partial charge in [-0.15, -0.1) is 11.3 Å². The molecule has 4 heteroatoms. The summed E-state index contributed by atoms with van der Waals surface area (Å²) in [5.41, 5.74) is 8.88. The molecule has 0 spiro atoms. The molecular formula is C17H21N3S. The molecule has 21 heavy (non-hydrogen) atoms. The zero-order valence-electron chi connectivity index (χ0n) is 12.2. The molecule has 1 unspecified atom stereocenters. The van der Waals surface area contributed by atoms with Gasteiger partial charge < -0.3 is 5.73 Å². The second-order valence-corrected chi connectivity index (χ2v) is 7.32. The highest BCUT2D eigenvalue weighted by molar-refractivity contribution is 7.15. The molecule has 1 aromatic carbocycles. The smallest absolute Gasteiger partial charge is 0.180 e. The minimum Gasteiger partial charge on any atom is -0.375 e. The van der Waals surface area contributed by atoms with E-state index in [4.69, 9.17) is 5.73 Å². The molecule has 4 rings (SSSR count). The van der Waals surface area contributed by atoms with Crippen LogP contribution in [0.2, 0.25) is 0 Å². The highest BCUT2D eigenvalue weighted by Crippen LogP contribution is 2.42. The first-order chi connectivity index (χ1) is 10.3. The molecule has 2 N–H and O–H groups in total. The van der Waals surface area contributed by atoms with Crippen LogP contribution in [-0.2, 0) is 13.0 Å². The molecule has 2 aliphatic rings. The van der Waals surface area contributed by atoms with Gasteiger partial charge in [-0.05, 0) is 43.2 Å². The van der Waals surface area contributed by atoms with Crippen molar-refractivity contribution >= 4 is 16.5 Å². The molecule has 1 fully saturated rings. The average Bonchev–Trinajstić information content (AvgIpc) is 3.27. The molecule has 3 nitrogen and oxygen atoms in total. The Morgan fingerprint density at radius 1 is 1.24 bits per heavy atom. The number of rotatable bonds is 4. The predicted molar refractivity (Wildman–Crippen MR) is 87.2 cm³/mol. The summed E-state index contributed by atoms with van der Waals surface area (Å²) >= 11 is 1.63. The van der Waals surface area contributed by atoms with Gasteiger partial charge in [-0.1, -0.05) is 24.3 Å². The lowest BCUT2D eigenvalue weighted by Crippen LogP contribution is -2.32. The largest absolute Gasteiger partial charge is 0.375 e. The molecule has 0 amide bonds. The lowest BCUT2D eigenvalue weighted by molar-refractivity contribution is 0.161. The van der Waals surface area contributed by atoms with Crippen LogP contribution >= 0.6 is 11.3 Å². The minimum absolute atomic E-state index is 0.575. The fourth-order valence-corrected chi connectivity index (χ4v) is 4.24. The van der Waals surface area contributed by atoms with Crippen LogP contribution in [-0.4, -0.2) is 15.9 Å². The number of thiazole rings is 1. The maximum atomic E-state index is 5.79. The number of anilines is 1. The van der Waals surface area contributed by atoms with Crippen LogP contribution in [0.3, 0.4) is 0 Å². The van der Waals surface area contributed by atoms with Crippen molar-refractivity contribution in [2.75, 3.05) is 5.73 Å². The molecule has 2 aliphatic carbocycles. The average molecular weight is 299 g/mol. The SMILES string of the molecule is Nc1ncc(CN(C2CC2)C2CCCc3ccccc32)s1. The number of nitrogens with zero attached hydrogens (tertiary/aromatic N) is 2. The highest BCUT2D eigenvalue weighted by Gasteiger charge is 2.36. The van der Waals surface area contributed by atoms with Crippen LogP contribution in [0, 0.1) is 0 Å². The summed E-state index contributed by atoms with van der Waals surface area (Å²) in [5.74, 6) is 0. The molecule has 1 saturated carbocycles. The second-order valence-electron chi connectivity index (χ2n) is 6.18. The number of benzene rings is 1. The van der Waals surface area contributed by atoms with Crippen molar-refractivity contribution in [2.45, 2.75) is 50.7 Å². The summed E-state index contributed by atoms with van der Waals surface area (Å²) in [4.78, 5) is 8.20. The molecule has 0 bridgehead atoms. The van der Waals surface area contributed by atoms with Crippen LogP contribution in [0.15, 0.2) is 30.5 Å². The Morgan fingerprint density at radius 3 is 2.86 bits per heavy atom. The van der Waals surface area contributed by atoms with Crippen molar-refractivity contribution < 1.29 is 0 Å². The van der Waals surface area contributed by atoms with Gasteiger partial charge in [-0.2, -0.15) is 0 Å². The van der Waals surface area contributed by atoms with Crippen molar-refractivity contribution in [3.63, 3.8) is 0 Å². The fraction of sp³-hybridized carbons (Fsp3) is 0.471. The normalized spacial score (nSPS) is 21.5. The third kappa shape index (κ3) is 2.70. The van der Waals surface area contributed by atoms with Crippen LogP contribution in [0.25, 0.3) is 0 Å². The van der Waals surface area contributed by atoms with E-state index in [1.807, 2.05) is 6.20 Å². The summed E-state index contributed by atoms with van der Waals surface area (Å²) < 4.78 is 0. The van der Waals surface area contributed by atoms with Gasteiger partial charge in [-0.25, -0.2) is 4.98 Å². The lowest BCUT2D eigenvalue weighted by atomic mass is 9.86. The predicted octanol–water partition coefficient (Wildman–Crippen LogP) is 3.77. The van der Waals surface area contributed by atoms with E-state index < -0.39 is 0 Å². The maximum Gasteiger partial charge on any atom is 0.180 e. The first-order valence-corrected chi connectivity index (χ1v) is 8.66. The zero-order valence-corrected chi connectivity index (χ0v) is 13.0. The van der Waals surface area contributed by atoms with E-state index in [0.29, 0.717) is 11.2 Å². The van der Waals surface area contributed by atoms with Crippen molar-refractivity contribution in [1.29, 1.82) is 0 Å². The van der Waals surface area contributed by atoms with Crippen LogP contribution < -0.4 is 5.73 Å². The molecule has 1 atom stereocenters. The zero-order chi connectivity index (χ0) is 14.2. The number of fused-ring (bicyclic) bond motifs is 1. The van der Waals surface area contributed by atoms with Gasteiger partial charge in [0.2, 0.25) is 0 Å². The van der Waals surface area contributed by atoms with Crippen molar-refractivity contribution in [2.24, 2.45) is 0 Å². The highest BCUT2D eigenvalue weighted by atomic mass is 32.1. The standard InChI is InChI=1S/C17H21N3S/c18-17-19-10-14(21-17)11-20(13-8-9-13)16-7-3-5-12-4-1-2-6-15(12)16/h1-2,4,6,10,13,16H,3,5,7-9,11H2,(H2,18,19). The molecule has 0 radical (unpaired) electrons. The summed E-state index contributed by atoms with van der Waals surface area (Å²) in [5, 5.41) is 0.685. The first-order valence-electron chi connectivity index (χ1n) is 7.85. The quantitative estimate of drug-likeness (QED) is 0.934. The lowest BCUT2D eigenvalue weighted by Gasteiger charge is -2.36. The molecule has 1 heterocycles. The first kappa shape index (κ1) is 13.3. The van der Waals surface area contributed by atoms with E-state index in [0.717, 1.165) is 12.6 Å². The minimum atomic E-state index is 0.575. The number of aromatic nitrogens is 1. The van der Waals surface area contributed by atoms with E-state index in [1.165, 1.54) is 37.0 Å². The van der Waals surface area contributed by atoms with E-state index in [9.17, 15) is 0 Å².